The number of nitrogens with one attached hydrogen (secondary N) is 3. The van der Waals surface area contributed by atoms with E-state index in [9.17, 15) is 44.4 Å². The SMILES string of the molecule is CN(CC(=O)Nc1ccc(CC2CN(CC(=O)O)CCN(CO)CCN(CO)CCN2CC(=O)O)cc1)C(=O)CCCCC1SCC2NC(=O)NC21. The number of aliphatic carboxylic acids is 2. The van der Waals surface area contributed by atoms with Gasteiger partial charge in [0.1, 0.15) is 0 Å². The highest BCUT2D eigenvalue weighted by atomic mass is 32.2. The van der Waals surface area contributed by atoms with Crippen LogP contribution in [-0.4, -0.2) is 190 Å². The fourth-order valence-corrected chi connectivity index (χ4v) is 8.44. The molecule has 4 unspecified atom stereocenters. The predicted molar refractivity (Wildman–Crippen MR) is 195 cm³/mol. The van der Waals surface area contributed by atoms with Crippen LogP contribution in [0.2, 0.25) is 0 Å². The largest absolute Gasteiger partial charge is 0.480 e. The van der Waals surface area contributed by atoms with Gasteiger partial charge in [-0.15, -0.1) is 0 Å². The van der Waals surface area contributed by atoms with Crippen LogP contribution in [0.15, 0.2) is 24.3 Å². The Morgan fingerprint density at radius 2 is 1.52 bits per heavy atom. The number of aliphatic hydroxyl groups is 2. The van der Waals surface area contributed by atoms with Crippen LogP contribution in [0.1, 0.15) is 31.2 Å². The molecule has 3 saturated heterocycles. The average molecular weight is 751 g/mol. The summed E-state index contributed by atoms with van der Waals surface area (Å²) in [6.45, 7) is 1.51. The first-order chi connectivity index (χ1) is 24.9. The lowest BCUT2D eigenvalue weighted by molar-refractivity contribution is -0.141. The van der Waals surface area contributed by atoms with Gasteiger partial charge in [0.25, 0.3) is 0 Å². The van der Waals surface area contributed by atoms with E-state index in [1.165, 1.54) is 4.90 Å². The zero-order valence-corrected chi connectivity index (χ0v) is 30.6. The maximum atomic E-state index is 12.8. The molecule has 7 N–H and O–H groups in total. The normalized spacial score (nSPS) is 23.9. The number of rotatable bonds is 16. The topological polar surface area (TPSA) is 219 Å². The first-order valence-corrected chi connectivity index (χ1v) is 18.9. The third-order valence-electron chi connectivity index (χ3n) is 9.83. The van der Waals surface area contributed by atoms with Gasteiger partial charge in [-0.1, -0.05) is 18.6 Å². The smallest absolute Gasteiger partial charge is 0.317 e. The number of benzene rings is 1. The number of unbranched alkanes of at least 4 members (excludes halogenated alkanes) is 1. The number of carboxylic acids is 2. The minimum Gasteiger partial charge on any atom is -0.480 e. The molecule has 1 aromatic rings. The summed E-state index contributed by atoms with van der Waals surface area (Å²) >= 11 is 1.84. The van der Waals surface area contributed by atoms with Crippen LogP contribution in [0.5, 0.6) is 0 Å². The summed E-state index contributed by atoms with van der Waals surface area (Å²) in [5, 5.41) is 48.2. The molecule has 4 atom stereocenters. The molecule has 0 spiro atoms. The molecule has 18 heteroatoms. The molecule has 4 amide bonds. The zero-order chi connectivity index (χ0) is 37.6. The first kappa shape index (κ1) is 41.2. The molecule has 3 fully saturated rings. The Labute approximate surface area is 308 Å². The lowest BCUT2D eigenvalue weighted by Gasteiger charge is -2.37. The second-order valence-electron chi connectivity index (χ2n) is 13.7. The summed E-state index contributed by atoms with van der Waals surface area (Å²) in [6, 6.07) is 6.93. The van der Waals surface area contributed by atoms with Crippen LogP contribution >= 0.6 is 11.8 Å². The number of hydrogen-bond donors (Lipinski definition) is 7. The van der Waals surface area contributed by atoms with E-state index in [0.717, 1.165) is 24.2 Å². The number of aliphatic hydroxyl groups excluding tert-OH is 2. The van der Waals surface area contributed by atoms with Gasteiger partial charge in [0.05, 0.1) is 45.2 Å². The van der Waals surface area contributed by atoms with Gasteiger partial charge < -0.3 is 41.3 Å². The van der Waals surface area contributed by atoms with Gasteiger partial charge in [-0.2, -0.15) is 11.8 Å². The third-order valence-corrected chi connectivity index (χ3v) is 11.3. The Balaban J connectivity index is 1.31. The summed E-state index contributed by atoms with van der Waals surface area (Å²) in [7, 11) is 1.60. The Hall–Kier alpha value is -3.52. The molecular formula is C34H54N8O9S. The van der Waals surface area contributed by atoms with Crippen LogP contribution in [0.25, 0.3) is 0 Å². The first-order valence-electron chi connectivity index (χ1n) is 17.8. The summed E-state index contributed by atoms with van der Waals surface area (Å²) in [5.74, 6) is -1.61. The Kier molecular flexibility index (Phi) is 16.4. The number of carbonyl (C=O) groups is 5. The Morgan fingerprint density at radius 1 is 0.885 bits per heavy atom. The second kappa shape index (κ2) is 20.6. The minimum atomic E-state index is -1.02. The fraction of sp³-hybridized carbons (Fsp3) is 0.676. The van der Waals surface area contributed by atoms with Gasteiger partial charge in [0.15, 0.2) is 0 Å². The molecular weight excluding hydrogens is 696 g/mol. The van der Waals surface area contributed by atoms with Crippen LogP contribution in [0.4, 0.5) is 10.5 Å². The van der Waals surface area contributed by atoms with Gasteiger partial charge in [-0.25, -0.2) is 4.79 Å². The Morgan fingerprint density at radius 3 is 2.15 bits per heavy atom. The van der Waals surface area contributed by atoms with Crippen LogP contribution in [0, 0.1) is 0 Å². The van der Waals surface area contributed by atoms with Crippen LogP contribution in [0.3, 0.4) is 0 Å². The molecule has 0 bridgehead atoms. The van der Waals surface area contributed by atoms with E-state index in [-0.39, 0.29) is 69.6 Å². The number of anilines is 1. The van der Waals surface area contributed by atoms with E-state index in [2.05, 4.69) is 16.0 Å². The van der Waals surface area contributed by atoms with E-state index in [1.54, 1.807) is 38.8 Å². The maximum absolute atomic E-state index is 12.8. The number of likely N-dealkylation sites (N-methyl/N-ethyl adjacent to an activating group) is 1. The molecule has 52 heavy (non-hydrogen) atoms. The van der Waals surface area contributed by atoms with E-state index < -0.39 is 18.0 Å². The van der Waals surface area contributed by atoms with E-state index in [4.69, 9.17) is 0 Å². The standard InChI is InChI=1S/C34H54N8O9S/c1-38(30(46)5-3-2-4-28-33-27(21-52-28)36-34(51)37-33)18-29(45)35-25-8-6-24(7-9-25)16-26-17-41(19-31(47)48)13-12-39(22-43)10-11-40(23-44)14-15-42(26)20-32(49)50/h6-9,26-28,33,43-44H,2-5,10-23H2,1H3,(H,35,45)(H,47,48)(H,49,50)(H2,36,37,51). The zero-order valence-electron chi connectivity index (χ0n) is 29.8. The van der Waals surface area contributed by atoms with Crippen molar-refractivity contribution >= 4 is 47.2 Å². The number of carbonyl (C=O) groups excluding carboxylic acids is 3. The summed E-state index contributed by atoms with van der Waals surface area (Å²) < 4.78 is 0. The fourth-order valence-electron chi connectivity index (χ4n) is 6.90. The summed E-state index contributed by atoms with van der Waals surface area (Å²) in [5.41, 5.74) is 1.38. The number of amides is 4. The Bertz CT molecular complexity index is 1360. The molecule has 290 valence electrons. The quantitative estimate of drug-likeness (QED) is 0.0798. The molecule has 17 nitrogen and oxygen atoms in total. The van der Waals surface area contributed by atoms with Crippen LogP contribution in [-0.2, 0) is 25.6 Å². The van der Waals surface area contributed by atoms with Crippen molar-refractivity contribution in [2.45, 2.75) is 55.5 Å². The molecule has 0 aromatic heterocycles. The lowest BCUT2D eigenvalue weighted by atomic mass is 10.0. The van der Waals surface area contributed by atoms with Crippen molar-refractivity contribution < 1.29 is 44.4 Å². The van der Waals surface area contributed by atoms with Crippen molar-refractivity contribution in [1.82, 2.24) is 35.1 Å². The monoisotopic (exact) mass is 750 g/mol. The van der Waals surface area contributed by atoms with Crippen molar-refractivity contribution in [2.24, 2.45) is 0 Å². The van der Waals surface area contributed by atoms with E-state index in [1.807, 2.05) is 23.9 Å². The van der Waals surface area contributed by atoms with Gasteiger partial charge in [0.2, 0.25) is 11.8 Å². The molecule has 0 radical (unpaired) electrons. The maximum Gasteiger partial charge on any atom is 0.317 e. The van der Waals surface area contributed by atoms with Crippen molar-refractivity contribution in [1.29, 1.82) is 0 Å². The van der Waals surface area contributed by atoms with Crippen molar-refractivity contribution in [3.05, 3.63) is 29.8 Å². The van der Waals surface area contributed by atoms with Gasteiger partial charge in [0, 0.05) is 82.0 Å². The molecule has 3 aliphatic heterocycles. The highest BCUT2D eigenvalue weighted by Crippen LogP contribution is 2.33. The number of fused-ring (bicyclic) bond motifs is 1. The third kappa shape index (κ3) is 13.2. The molecule has 3 aliphatic rings. The highest BCUT2D eigenvalue weighted by molar-refractivity contribution is 8.00. The molecule has 0 saturated carbocycles. The van der Waals surface area contributed by atoms with Gasteiger partial charge in [-0.3, -0.25) is 38.8 Å². The van der Waals surface area contributed by atoms with E-state index in [0.29, 0.717) is 69.5 Å². The predicted octanol–water partition coefficient (Wildman–Crippen LogP) is -0.989. The average Bonchev–Trinajstić information content (AvgIpc) is 3.65. The van der Waals surface area contributed by atoms with Crippen molar-refractivity contribution in [3.63, 3.8) is 0 Å². The summed E-state index contributed by atoms with van der Waals surface area (Å²) in [6.07, 6.45) is 3.18. The molecule has 0 aliphatic carbocycles. The molecule has 4 rings (SSSR count). The van der Waals surface area contributed by atoms with Crippen molar-refractivity contribution in [2.75, 3.05) is 97.0 Å². The number of urea groups is 1. The lowest BCUT2D eigenvalue weighted by Crippen LogP contribution is -2.53. The van der Waals surface area contributed by atoms with Gasteiger partial charge in [-0.05, 0) is 37.0 Å². The highest BCUT2D eigenvalue weighted by Gasteiger charge is 2.42. The minimum absolute atomic E-state index is 0.106. The molecule has 3 heterocycles. The molecule has 1 aromatic carbocycles. The van der Waals surface area contributed by atoms with E-state index >= 15 is 0 Å². The van der Waals surface area contributed by atoms with Gasteiger partial charge >= 0.3 is 18.0 Å². The number of hydrogen-bond acceptors (Lipinski definition) is 12. The van der Waals surface area contributed by atoms with Crippen LogP contribution < -0.4 is 16.0 Å². The number of thioether (sulfide) groups is 1. The number of carboxylic acid groups (broad SMARTS) is 2. The summed E-state index contributed by atoms with van der Waals surface area (Å²) in [4.78, 5) is 69.3. The second-order valence-corrected chi connectivity index (χ2v) is 15.0. The number of nitrogens with zero attached hydrogens (tertiary/aromatic N) is 5. The van der Waals surface area contributed by atoms with Crippen molar-refractivity contribution in [3.8, 4) is 0 Å².